The summed E-state index contributed by atoms with van der Waals surface area (Å²) in [6.45, 7) is 7.01. The van der Waals surface area contributed by atoms with Crippen molar-refractivity contribution in [3.63, 3.8) is 0 Å². The predicted molar refractivity (Wildman–Crippen MR) is 97.9 cm³/mol. The van der Waals surface area contributed by atoms with Gasteiger partial charge in [-0.1, -0.05) is 61.9 Å². The third-order valence-corrected chi connectivity index (χ3v) is 4.83. The van der Waals surface area contributed by atoms with E-state index in [4.69, 9.17) is 0 Å². The minimum atomic E-state index is -0.331. The number of nitrogens with one attached hydrogen (secondary N) is 1. The van der Waals surface area contributed by atoms with Gasteiger partial charge in [0.1, 0.15) is 11.6 Å². The van der Waals surface area contributed by atoms with Crippen molar-refractivity contribution in [2.24, 2.45) is 0 Å². The summed E-state index contributed by atoms with van der Waals surface area (Å²) in [6, 6.07) is 9.94. The monoisotopic (exact) mass is 346 g/mol. The number of aromatic nitrogens is 3. The minimum absolute atomic E-state index is 0.00399. The van der Waals surface area contributed by atoms with Crippen molar-refractivity contribution in [1.29, 1.82) is 0 Å². The summed E-state index contributed by atoms with van der Waals surface area (Å²) in [5.41, 5.74) is 0.976. The Morgan fingerprint density at radius 1 is 1.25 bits per heavy atom. The first kappa shape index (κ1) is 18.5. The van der Waals surface area contributed by atoms with E-state index in [1.54, 1.807) is 6.33 Å². The lowest BCUT2D eigenvalue weighted by molar-refractivity contribution is -0.121. The third kappa shape index (κ3) is 5.37. The molecule has 2 rings (SSSR count). The highest BCUT2D eigenvalue weighted by Gasteiger charge is 2.24. The van der Waals surface area contributed by atoms with Crippen LogP contribution in [-0.4, -0.2) is 26.7 Å². The number of rotatable bonds is 9. The van der Waals surface area contributed by atoms with Crippen molar-refractivity contribution in [2.45, 2.75) is 63.0 Å². The number of thioether (sulfide) groups is 1. The first-order valence-electron chi connectivity index (χ1n) is 8.51. The smallest absolute Gasteiger partial charge is 0.238 e. The van der Waals surface area contributed by atoms with Crippen LogP contribution in [0, 0.1) is 0 Å². The number of carbonyl (C=O) groups excluding carboxylic acids is 1. The van der Waals surface area contributed by atoms with Gasteiger partial charge in [0.05, 0.1) is 0 Å². The molecule has 1 aromatic carbocycles. The summed E-state index contributed by atoms with van der Waals surface area (Å²) in [6.07, 6.45) is 5.20. The number of amides is 1. The number of nitrogens with zero attached hydrogens (tertiary/aromatic N) is 3. The zero-order valence-electron chi connectivity index (χ0n) is 14.6. The molecule has 1 amide bonds. The highest BCUT2D eigenvalue weighted by molar-refractivity contribution is 8.00. The lowest BCUT2D eigenvalue weighted by Crippen LogP contribution is -2.33. The van der Waals surface area contributed by atoms with Gasteiger partial charge in [-0.25, -0.2) is 0 Å². The Balaban J connectivity index is 2.17. The van der Waals surface area contributed by atoms with Crippen LogP contribution in [0.5, 0.6) is 0 Å². The Hall–Kier alpha value is -1.82. The minimum Gasteiger partial charge on any atom is -0.353 e. The average molecular weight is 347 g/mol. The van der Waals surface area contributed by atoms with Crippen LogP contribution in [-0.2, 0) is 11.3 Å². The van der Waals surface area contributed by atoms with E-state index in [0.29, 0.717) is 0 Å². The van der Waals surface area contributed by atoms with E-state index in [1.807, 2.05) is 48.7 Å². The molecule has 1 N–H and O–H groups in total. The molecule has 0 radical (unpaired) electrons. The van der Waals surface area contributed by atoms with E-state index in [0.717, 1.165) is 23.7 Å². The van der Waals surface area contributed by atoms with Crippen LogP contribution in [0.1, 0.15) is 50.8 Å². The molecule has 0 spiro atoms. The molecule has 0 bridgehead atoms. The summed E-state index contributed by atoms with van der Waals surface area (Å²) in [7, 11) is 0. The lowest BCUT2D eigenvalue weighted by Gasteiger charge is -2.18. The Morgan fingerprint density at radius 2 is 2.00 bits per heavy atom. The summed E-state index contributed by atoms with van der Waals surface area (Å²) < 4.78 is 2.04. The van der Waals surface area contributed by atoms with Gasteiger partial charge in [0.25, 0.3) is 0 Å². The largest absolute Gasteiger partial charge is 0.353 e. The van der Waals surface area contributed by atoms with Crippen LogP contribution in [0.25, 0.3) is 0 Å². The van der Waals surface area contributed by atoms with E-state index in [-0.39, 0.29) is 17.2 Å². The van der Waals surface area contributed by atoms with Crippen LogP contribution in [0.4, 0.5) is 0 Å². The first-order chi connectivity index (χ1) is 11.6. The summed E-state index contributed by atoms with van der Waals surface area (Å²) in [4.78, 5) is 12.7. The molecule has 0 aliphatic heterocycles. The van der Waals surface area contributed by atoms with Crippen LogP contribution in [0.3, 0.4) is 0 Å². The highest BCUT2D eigenvalue weighted by Crippen LogP contribution is 2.34. The van der Waals surface area contributed by atoms with E-state index in [9.17, 15) is 4.79 Å². The SMILES string of the molecule is CCCCCn1cnnc1SC(C(=O)NC(C)C)c1ccccc1. The molecule has 24 heavy (non-hydrogen) atoms. The van der Waals surface area contributed by atoms with Crippen molar-refractivity contribution in [1.82, 2.24) is 20.1 Å². The van der Waals surface area contributed by atoms with Gasteiger partial charge in [-0.15, -0.1) is 10.2 Å². The second-order valence-corrected chi connectivity index (χ2v) is 7.16. The van der Waals surface area contributed by atoms with Crippen molar-refractivity contribution in [3.8, 4) is 0 Å². The van der Waals surface area contributed by atoms with Crippen LogP contribution in [0.15, 0.2) is 41.8 Å². The fourth-order valence-corrected chi connectivity index (χ4v) is 3.43. The number of unbranched alkanes of at least 4 members (excludes halogenated alkanes) is 2. The second kappa shape index (κ2) is 9.47. The molecule has 0 saturated heterocycles. The van der Waals surface area contributed by atoms with Gasteiger partial charge < -0.3 is 9.88 Å². The fourth-order valence-electron chi connectivity index (χ4n) is 2.39. The maximum absolute atomic E-state index is 12.7. The molecular formula is C18H26N4OS. The standard InChI is InChI=1S/C18H26N4OS/c1-4-5-9-12-22-13-19-21-18(22)24-16(17(23)20-14(2)3)15-10-7-6-8-11-15/h6-8,10-11,13-14,16H,4-5,9,12H2,1-3H3,(H,20,23). The molecule has 0 aliphatic carbocycles. The van der Waals surface area contributed by atoms with Gasteiger partial charge in [-0.3, -0.25) is 4.79 Å². The van der Waals surface area contributed by atoms with Crippen molar-refractivity contribution >= 4 is 17.7 Å². The molecule has 0 saturated carbocycles. The topological polar surface area (TPSA) is 59.8 Å². The van der Waals surface area contributed by atoms with Gasteiger partial charge in [0, 0.05) is 12.6 Å². The van der Waals surface area contributed by atoms with Gasteiger partial charge in [0.2, 0.25) is 5.91 Å². The lowest BCUT2D eigenvalue weighted by atomic mass is 10.1. The Labute approximate surface area is 148 Å². The molecule has 1 atom stereocenters. The summed E-state index contributed by atoms with van der Waals surface area (Å²) in [5.74, 6) is 0.00399. The van der Waals surface area contributed by atoms with Crippen LogP contribution in [0.2, 0.25) is 0 Å². The van der Waals surface area contributed by atoms with Crippen molar-refractivity contribution in [2.75, 3.05) is 0 Å². The number of carbonyl (C=O) groups is 1. The van der Waals surface area contributed by atoms with E-state index in [2.05, 4.69) is 22.4 Å². The normalized spacial score (nSPS) is 12.3. The van der Waals surface area contributed by atoms with E-state index in [1.165, 1.54) is 24.6 Å². The molecule has 2 aromatic rings. The van der Waals surface area contributed by atoms with E-state index >= 15 is 0 Å². The first-order valence-corrected chi connectivity index (χ1v) is 9.39. The maximum Gasteiger partial charge on any atom is 0.238 e. The molecule has 0 fully saturated rings. The number of aryl methyl sites for hydroxylation is 1. The summed E-state index contributed by atoms with van der Waals surface area (Å²) >= 11 is 1.46. The molecule has 0 aliphatic rings. The van der Waals surface area contributed by atoms with E-state index < -0.39 is 0 Å². The third-order valence-electron chi connectivity index (χ3n) is 3.58. The van der Waals surface area contributed by atoms with Gasteiger partial charge >= 0.3 is 0 Å². The Morgan fingerprint density at radius 3 is 2.67 bits per heavy atom. The zero-order chi connectivity index (χ0) is 17.4. The van der Waals surface area contributed by atoms with Gasteiger partial charge in [-0.05, 0) is 25.8 Å². The quantitative estimate of drug-likeness (QED) is 0.554. The van der Waals surface area contributed by atoms with Crippen LogP contribution < -0.4 is 5.32 Å². The molecule has 1 aromatic heterocycles. The van der Waals surface area contributed by atoms with Gasteiger partial charge in [-0.2, -0.15) is 0 Å². The molecular weight excluding hydrogens is 320 g/mol. The summed E-state index contributed by atoms with van der Waals surface area (Å²) in [5, 5.41) is 11.7. The fraction of sp³-hybridized carbons (Fsp3) is 0.500. The van der Waals surface area contributed by atoms with Crippen molar-refractivity contribution < 1.29 is 4.79 Å². The van der Waals surface area contributed by atoms with Crippen LogP contribution >= 0.6 is 11.8 Å². The average Bonchev–Trinajstić information content (AvgIpc) is 3.00. The molecule has 1 unspecified atom stereocenters. The molecule has 6 heteroatoms. The maximum atomic E-state index is 12.7. The zero-order valence-corrected chi connectivity index (χ0v) is 15.4. The van der Waals surface area contributed by atoms with Gasteiger partial charge in [0.15, 0.2) is 5.16 Å². The number of hydrogen-bond acceptors (Lipinski definition) is 4. The molecule has 130 valence electrons. The Kier molecular flexibility index (Phi) is 7.31. The predicted octanol–water partition coefficient (Wildman–Crippen LogP) is 3.83. The molecule has 1 heterocycles. The second-order valence-electron chi connectivity index (χ2n) is 6.09. The highest BCUT2D eigenvalue weighted by atomic mass is 32.2. The molecule has 5 nitrogen and oxygen atoms in total. The number of benzene rings is 1. The Bertz CT molecular complexity index is 627. The van der Waals surface area contributed by atoms with Crippen molar-refractivity contribution in [3.05, 3.63) is 42.2 Å². The number of hydrogen-bond donors (Lipinski definition) is 1.